The molecule has 3 heterocycles. The van der Waals surface area contributed by atoms with Gasteiger partial charge in [0.15, 0.2) is 5.65 Å². The molecule has 1 aliphatic rings. The first-order valence-electron chi connectivity index (χ1n) is 10.5. The molecule has 1 saturated heterocycles. The standard InChI is InChI=1S/C24H26N6O/c1-27-15-17-28(18-16-27)19-3-5-20(6-4-19)29(21-7-9-22(31-2)10-8-21)24-12-13-25-23-11-14-26-30(23)24/h3-14H,15-18H2,1-2H3. The van der Waals surface area contributed by atoms with E-state index in [1.54, 1.807) is 13.3 Å². The highest BCUT2D eigenvalue weighted by atomic mass is 16.5. The molecule has 0 unspecified atom stereocenters. The summed E-state index contributed by atoms with van der Waals surface area (Å²) >= 11 is 0. The fourth-order valence-electron chi connectivity index (χ4n) is 4.01. The molecule has 0 bridgehead atoms. The molecular weight excluding hydrogens is 388 g/mol. The Kier molecular flexibility index (Phi) is 5.18. The molecule has 1 fully saturated rings. The Hall–Kier alpha value is -3.58. The van der Waals surface area contributed by atoms with Crippen LogP contribution < -0.4 is 14.5 Å². The zero-order valence-corrected chi connectivity index (χ0v) is 17.8. The lowest BCUT2D eigenvalue weighted by Gasteiger charge is -2.34. The van der Waals surface area contributed by atoms with Gasteiger partial charge in [-0.05, 0) is 61.6 Å². The zero-order valence-electron chi connectivity index (χ0n) is 17.8. The number of benzene rings is 2. The van der Waals surface area contributed by atoms with Crippen molar-refractivity contribution in [3.8, 4) is 5.75 Å². The third-order valence-electron chi connectivity index (χ3n) is 5.81. The molecule has 0 amide bonds. The monoisotopic (exact) mass is 414 g/mol. The zero-order chi connectivity index (χ0) is 21.2. The quantitative estimate of drug-likeness (QED) is 0.493. The van der Waals surface area contributed by atoms with E-state index in [2.05, 4.69) is 68.2 Å². The molecule has 4 aromatic rings. The highest BCUT2D eigenvalue weighted by Gasteiger charge is 2.18. The van der Waals surface area contributed by atoms with Crippen LogP contribution in [0.5, 0.6) is 5.75 Å². The Balaban J connectivity index is 1.55. The van der Waals surface area contributed by atoms with Gasteiger partial charge in [0.25, 0.3) is 0 Å². The van der Waals surface area contributed by atoms with E-state index < -0.39 is 0 Å². The van der Waals surface area contributed by atoms with Gasteiger partial charge in [-0.3, -0.25) is 4.90 Å². The molecule has 5 rings (SSSR count). The maximum Gasteiger partial charge on any atom is 0.157 e. The number of likely N-dealkylation sites (N-methyl/N-ethyl adjacent to an activating group) is 1. The summed E-state index contributed by atoms with van der Waals surface area (Å²) in [6, 6.07) is 20.7. The van der Waals surface area contributed by atoms with Gasteiger partial charge in [0.05, 0.1) is 13.3 Å². The number of anilines is 4. The SMILES string of the molecule is COc1ccc(N(c2ccc(N3CCN(C)CC3)cc2)c2ccnc3ccnn23)cc1. The van der Waals surface area contributed by atoms with Crippen LogP contribution in [0.25, 0.3) is 5.65 Å². The Bertz CT molecular complexity index is 1150. The van der Waals surface area contributed by atoms with Crippen molar-refractivity contribution in [1.29, 1.82) is 0 Å². The summed E-state index contributed by atoms with van der Waals surface area (Å²) in [6.45, 7) is 4.29. The minimum absolute atomic E-state index is 0.810. The van der Waals surface area contributed by atoms with Crippen LogP contribution in [0.1, 0.15) is 0 Å². The van der Waals surface area contributed by atoms with E-state index >= 15 is 0 Å². The van der Waals surface area contributed by atoms with Gasteiger partial charge in [-0.1, -0.05) is 0 Å². The third-order valence-corrected chi connectivity index (χ3v) is 5.81. The Labute approximate surface area is 182 Å². The van der Waals surface area contributed by atoms with Crippen LogP contribution in [0.3, 0.4) is 0 Å². The van der Waals surface area contributed by atoms with Crippen LogP contribution in [0.4, 0.5) is 22.9 Å². The van der Waals surface area contributed by atoms with Gasteiger partial charge < -0.3 is 14.5 Å². The minimum Gasteiger partial charge on any atom is -0.497 e. The van der Waals surface area contributed by atoms with Crippen molar-refractivity contribution in [1.82, 2.24) is 19.5 Å². The van der Waals surface area contributed by atoms with Crippen molar-refractivity contribution in [3.05, 3.63) is 73.1 Å². The molecule has 0 N–H and O–H groups in total. The lowest BCUT2D eigenvalue weighted by Crippen LogP contribution is -2.44. The topological polar surface area (TPSA) is 49.1 Å². The van der Waals surface area contributed by atoms with E-state index in [0.29, 0.717) is 0 Å². The van der Waals surface area contributed by atoms with Gasteiger partial charge in [-0.2, -0.15) is 9.61 Å². The number of rotatable bonds is 5. The van der Waals surface area contributed by atoms with Gasteiger partial charge in [0.1, 0.15) is 11.6 Å². The van der Waals surface area contributed by atoms with E-state index in [-0.39, 0.29) is 0 Å². The molecular formula is C24H26N6O. The number of aromatic nitrogens is 3. The van der Waals surface area contributed by atoms with Crippen LogP contribution >= 0.6 is 0 Å². The van der Waals surface area contributed by atoms with E-state index in [9.17, 15) is 0 Å². The first-order valence-corrected chi connectivity index (χ1v) is 10.5. The lowest BCUT2D eigenvalue weighted by atomic mass is 10.2. The molecule has 0 saturated carbocycles. The van der Waals surface area contributed by atoms with E-state index in [0.717, 1.165) is 54.8 Å². The molecule has 158 valence electrons. The van der Waals surface area contributed by atoms with Crippen molar-refractivity contribution < 1.29 is 4.74 Å². The van der Waals surface area contributed by atoms with Crippen molar-refractivity contribution in [2.75, 3.05) is 50.1 Å². The maximum absolute atomic E-state index is 5.35. The van der Waals surface area contributed by atoms with Gasteiger partial charge in [-0.25, -0.2) is 4.98 Å². The highest BCUT2D eigenvalue weighted by molar-refractivity contribution is 5.76. The molecule has 0 aliphatic carbocycles. The van der Waals surface area contributed by atoms with Gasteiger partial charge in [-0.15, -0.1) is 0 Å². The Morgan fingerprint density at radius 1 is 0.806 bits per heavy atom. The normalized spacial score (nSPS) is 14.7. The van der Waals surface area contributed by atoms with Gasteiger partial charge in [0.2, 0.25) is 0 Å². The number of fused-ring (bicyclic) bond motifs is 1. The molecule has 0 spiro atoms. The Morgan fingerprint density at radius 3 is 2.16 bits per heavy atom. The van der Waals surface area contributed by atoms with Gasteiger partial charge >= 0.3 is 0 Å². The van der Waals surface area contributed by atoms with Crippen LogP contribution in [0.2, 0.25) is 0 Å². The van der Waals surface area contributed by atoms with Crippen molar-refractivity contribution in [3.63, 3.8) is 0 Å². The second kappa shape index (κ2) is 8.28. The summed E-state index contributed by atoms with van der Waals surface area (Å²) in [6.07, 6.45) is 3.59. The number of ether oxygens (including phenoxy) is 1. The number of methoxy groups -OCH3 is 1. The average molecular weight is 415 g/mol. The van der Waals surface area contributed by atoms with Crippen molar-refractivity contribution in [2.24, 2.45) is 0 Å². The predicted molar refractivity (Wildman–Crippen MR) is 124 cm³/mol. The number of piperazine rings is 1. The molecule has 0 radical (unpaired) electrons. The summed E-state index contributed by atoms with van der Waals surface area (Å²) < 4.78 is 7.21. The molecule has 0 atom stereocenters. The fourth-order valence-corrected chi connectivity index (χ4v) is 4.01. The second-order valence-electron chi connectivity index (χ2n) is 7.74. The number of nitrogens with zero attached hydrogens (tertiary/aromatic N) is 6. The third kappa shape index (κ3) is 3.80. The van der Waals surface area contributed by atoms with Crippen molar-refractivity contribution >= 4 is 28.5 Å². The van der Waals surface area contributed by atoms with Crippen LogP contribution in [-0.4, -0.2) is 59.8 Å². The summed E-state index contributed by atoms with van der Waals surface area (Å²) in [7, 11) is 3.86. The maximum atomic E-state index is 5.35. The molecule has 1 aliphatic heterocycles. The van der Waals surface area contributed by atoms with Gasteiger partial charge in [0, 0.05) is 55.5 Å². The minimum atomic E-state index is 0.810. The first kappa shape index (κ1) is 19.4. The Morgan fingerprint density at radius 2 is 1.48 bits per heavy atom. The predicted octanol–water partition coefficient (Wildman–Crippen LogP) is 3.96. The fraction of sp³-hybridized carbons (Fsp3) is 0.250. The van der Waals surface area contributed by atoms with E-state index in [4.69, 9.17) is 4.74 Å². The largest absolute Gasteiger partial charge is 0.497 e. The van der Waals surface area contributed by atoms with E-state index in [1.807, 2.05) is 35.0 Å². The van der Waals surface area contributed by atoms with Crippen LogP contribution in [0.15, 0.2) is 73.1 Å². The molecule has 31 heavy (non-hydrogen) atoms. The molecule has 2 aromatic carbocycles. The summed E-state index contributed by atoms with van der Waals surface area (Å²) in [4.78, 5) is 11.4. The summed E-state index contributed by atoms with van der Waals surface area (Å²) in [5.74, 6) is 1.75. The summed E-state index contributed by atoms with van der Waals surface area (Å²) in [5, 5.41) is 4.50. The highest BCUT2D eigenvalue weighted by Crippen LogP contribution is 2.36. The molecule has 7 heteroatoms. The molecule has 7 nitrogen and oxygen atoms in total. The van der Waals surface area contributed by atoms with Crippen LogP contribution in [-0.2, 0) is 0 Å². The smallest absolute Gasteiger partial charge is 0.157 e. The number of hydrogen-bond donors (Lipinski definition) is 0. The van der Waals surface area contributed by atoms with Crippen LogP contribution in [0, 0.1) is 0 Å². The van der Waals surface area contributed by atoms with E-state index in [1.165, 1.54) is 5.69 Å². The summed E-state index contributed by atoms with van der Waals surface area (Å²) in [5.41, 5.74) is 4.15. The lowest BCUT2D eigenvalue weighted by molar-refractivity contribution is 0.313. The van der Waals surface area contributed by atoms with Crippen molar-refractivity contribution in [2.45, 2.75) is 0 Å². The average Bonchev–Trinajstić information content (AvgIpc) is 3.31. The molecule has 2 aromatic heterocycles. The first-order chi connectivity index (χ1) is 15.2. The second-order valence-corrected chi connectivity index (χ2v) is 7.74. The number of hydrogen-bond acceptors (Lipinski definition) is 6.